The Kier molecular flexibility index (Phi) is 12.4. The van der Waals surface area contributed by atoms with E-state index < -0.39 is 0 Å². The number of hydrogen-bond donors (Lipinski definition) is 1. The van der Waals surface area contributed by atoms with Crippen molar-refractivity contribution < 1.29 is 5.11 Å². The first-order valence-corrected chi connectivity index (χ1v) is 24.4. The largest absolute Gasteiger partial charge is 0.507 e. The van der Waals surface area contributed by atoms with E-state index in [1.807, 2.05) is 6.20 Å². The molecule has 8 rings (SSSR count). The van der Waals surface area contributed by atoms with Crippen LogP contribution in [0, 0.1) is 0 Å². The van der Waals surface area contributed by atoms with Gasteiger partial charge in [-0.1, -0.05) is 184 Å². The Morgan fingerprint density at radius 3 is 1.68 bits per heavy atom. The Balaban J connectivity index is 1.41. The molecule has 0 radical (unpaired) electrons. The van der Waals surface area contributed by atoms with Gasteiger partial charge in [0.15, 0.2) is 5.65 Å². The maximum absolute atomic E-state index is 12.3. The molecule has 350 valence electrons. The second-order valence-electron chi connectivity index (χ2n) is 23.6. The minimum absolute atomic E-state index is 0.0199. The van der Waals surface area contributed by atoms with E-state index in [4.69, 9.17) is 15.0 Å². The zero-order chi connectivity index (χ0) is 49.2. The van der Waals surface area contributed by atoms with Crippen LogP contribution in [0.1, 0.15) is 156 Å². The third kappa shape index (κ3) is 9.39. The van der Waals surface area contributed by atoms with Gasteiger partial charge in [-0.3, -0.25) is 4.57 Å². The number of imidazole rings is 1. The van der Waals surface area contributed by atoms with E-state index >= 15 is 0 Å². The second-order valence-corrected chi connectivity index (χ2v) is 23.6. The summed E-state index contributed by atoms with van der Waals surface area (Å²) in [4.78, 5) is 20.2. The van der Waals surface area contributed by atoms with Crippen LogP contribution in [-0.4, -0.2) is 29.6 Å². The molecule has 0 fully saturated rings. The van der Waals surface area contributed by atoms with Gasteiger partial charge in [-0.2, -0.15) is 0 Å². The number of phenols is 1. The number of pyridine rings is 1. The zero-order valence-corrected chi connectivity index (χ0v) is 43.4. The maximum atomic E-state index is 12.3. The first-order chi connectivity index (χ1) is 31.8. The van der Waals surface area contributed by atoms with Gasteiger partial charge in [0.25, 0.3) is 0 Å². The first-order valence-electron chi connectivity index (χ1n) is 24.4. The summed E-state index contributed by atoms with van der Waals surface area (Å²) in [5.74, 6) is 1.46. The molecule has 0 bridgehead atoms. The summed E-state index contributed by atoms with van der Waals surface area (Å²) in [6.07, 6.45) is 3.43. The van der Waals surface area contributed by atoms with E-state index in [9.17, 15) is 5.11 Å². The molecule has 0 aliphatic heterocycles. The summed E-state index contributed by atoms with van der Waals surface area (Å²) in [5.41, 5.74) is 17.7. The van der Waals surface area contributed by atoms with Crippen molar-refractivity contribution in [3.63, 3.8) is 0 Å². The van der Waals surface area contributed by atoms with Crippen molar-refractivity contribution in [2.45, 2.75) is 144 Å². The van der Waals surface area contributed by atoms with Crippen molar-refractivity contribution in [1.29, 1.82) is 0 Å². The number of nitrogens with zero attached hydrogens (tertiary/aromatic N) is 5. The second kappa shape index (κ2) is 17.6. The van der Waals surface area contributed by atoms with Gasteiger partial charge in [-0.15, -0.1) is 0 Å². The number of aromatic nitrogens is 5. The fourth-order valence-electron chi connectivity index (χ4n) is 9.36. The number of rotatable bonds is 8. The summed E-state index contributed by atoms with van der Waals surface area (Å²) < 4.78 is 2.27. The molecular formula is C62H71N5O. The zero-order valence-electron chi connectivity index (χ0n) is 43.4. The molecule has 0 aliphatic rings. The molecule has 3 aromatic heterocycles. The number of aromatic hydroxyl groups is 1. The average Bonchev–Trinajstić information content (AvgIpc) is 3.66. The molecule has 0 unspecified atom stereocenters. The molecule has 3 heterocycles. The molecule has 68 heavy (non-hydrogen) atoms. The Morgan fingerprint density at radius 2 is 1.07 bits per heavy atom. The normalized spacial score (nSPS) is 12.7. The minimum atomic E-state index is -0.306. The van der Waals surface area contributed by atoms with Crippen LogP contribution in [0.3, 0.4) is 0 Å². The molecule has 0 saturated carbocycles. The molecule has 0 spiro atoms. The summed E-state index contributed by atoms with van der Waals surface area (Å²) in [6.45, 7) is 35.9. The quantitative estimate of drug-likeness (QED) is 0.164. The van der Waals surface area contributed by atoms with E-state index in [0.29, 0.717) is 0 Å². The van der Waals surface area contributed by atoms with Gasteiger partial charge >= 0.3 is 0 Å². The summed E-state index contributed by atoms with van der Waals surface area (Å²) in [5, 5.41) is 12.3. The van der Waals surface area contributed by atoms with Crippen LogP contribution in [0.15, 0.2) is 122 Å². The van der Waals surface area contributed by atoms with Gasteiger partial charge in [0.05, 0.1) is 23.3 Å². The molecule has 0 atom stereocenters. The lowest BCUT2D eigenvalue weighted by Gasteiger charge is -2.29. The molecule has 0 amide bonds. The predicted octanol–water partition coefficient (Wildman–Crippen LogP) is 16.7. The molecule has 6 heteroatoms. The summed E-state index contributed by atoms with van der Waals surface area (Å²) in [6, 6.07) is 39.6. The third-order valence-electron chi connectivity index (χ3n) is 13.4. The highest BCUT2D eigenvalue weighted by Gasteiger charge is 2.29. The number of benzene rings is 5. The van der Waals surface area contributed by atoms with Gasteiger partial charge in [-0.05, 0) is 120 Å². The van der Waals surface area contributed by atoms with Crippen LogP contribution in [0.5, 0.6) is 5.75 Å². The van der Waals surface area contributed by atoms with Crippen molar-refractivity contribution in [2.75, 3.05) is 0 Å². The van der Waals surface area contributed by atoms with E-state index in [1.165, 1.54) is 33.4 Å². The molecule has 1 N–H and O–H groups in total. The van der Waals surface area contributed by atoms with Gasteiger partial charge < -0.3 is 5.11 Å². The van der Waals surface area contributed by atoms with Crippen LogP contribution in [0.4, 0.5) is 0 Å². The van der Waals surface area contributed by atoms with Crippen molar-refractivity contribution >= 4 is 11.2 Å². The molecule has 5 aromatic carbocycles. The third-order valence-corrected chi connectivity index (χ3v) is 13.4. The van der Waals surface area contributed by atoms with E-state index in [0.717, 1.165) is 73.0 Å². The van der Waals surface area contributed by atoms with Crippen molar-refractivity contribution in [3.8, 4) is 67.6 Å². The van der Waals surface area contributed by atoms with Crippen LogP contribution in [0.25, 0.3) is 73.0 Å². The number of hydrogen-bond acceptors (Lipinski definition) is 5. The van der Waals surface area contributed by atoms with E-state index in [-0.39, 0.29) is 39.2 Å². The minimum Gasteiger partial charge on any atom is -0.507 e. The highest BCUT2D eigenvalue weighted by Crippen LogP contribution is 2.46. The van der Waals surface area contributed by atoms with Crippen LogP contribution in [0.2, 0.25) is 0 Å². The van der Waals surface area contributed by atoms with Gasteiger partial charge in [0.2, 0.25) is 0 Å². The Labute approximate surface area is 406 Å². The fourth-order valence-corrected chi connectivity index (χ4v) is 9.36. The first kappa shape index (κ1) is 48.1. The lowest BCUT2D eigenvalue weighted by molar-refractivity contribution is 0.446. The van der Waals surface area contributed by atoms with E-state index in [2.05, 4.69) is 230 Å². The molecule has 8 aromatic rings. The number of fused-ring (bicyclic) bond motifs is 1. The summed E-state index contributed by atoms with van der Waals surface area (Å²) in [7, 11) is 0. The molecule has 0 aliphatic carbocycles. The van der Waals surface area contributed by atoms with Gasteiger partial charge in [0, 0.05) is 22.3 Å². The Hall–Kier alpha value is -6.40. The molecule has 6 nitrogen and oxygen atoms in total. The van der Waals surface area contributed by atoms with Crippen LogP contribution < -0.4 is 0 Å². The monoisotopic (exact) mass is 902 g/mol. The Bertz CT molecular complexity index is 3130. The average molecular weight is 902 g/mol. The maximum Gasteiger partial charge on any atom is 0.168 e. The van der Waals surface area contributed by atoms with Crippen molar-refractivity contribution in [3.05, 3.63) is 155 Å². The smallest absolute Gasteiger partial charge is 0.168 e. The molecular weight excluding hydrogens is 831 g/mol. The van der Waals surface area contributed by atoms with Gasteiger partial charge in [0.1, 0.15) is 23.4 Å². The standard InChI is InChI=1S/C62H71N5O/c1-37(2)47-28-42(39-21-18-17-19-22-39)29-48(38(3)4)55(47)67-57(66-54-35-63-36-64-58(54)67)41-24-20-23-40(27-41)52-30-43(46-26-25-44(59(5,6)7)33-50(46)61(11,12)13)31-53(65-52)49-32-45(60(8,9)10)34-51(56(49)68)62(14,15)16/h17-38,68H,1-16H3. The Morgan fingerprint density at radius 1 is 0.485 bits per heavy atom. The van der Waals surface area contributed by atoms with Crippen LogP contribution in [-0.2, 0) is 21.7 Å². The van der Waals surface area contributed by atoms with Crippen molar-refractivity contribution in [2.24, 2.45) is 0 Å². The lowest BCUT2D eigenvalue weighted by atomic mass is 9.77. The lowest BCUT2D eigenvalue weighted by Crippen LogP contribution is -2.17. The SMILES string of the molecule is CC(C)c1cc(-c2ccccc2)cc(C(C)C)c1-n1c(-c2cccc(-c3cc(-c4ccc(C(C)(C)C)cc4C(C)(C)C)cc(-c4cc(C(C)(C)C)cc(C(C)(C)C)c4O)n3)c2)nc2cncnc21. The highest BCUT2D eigenvalue weighted by molar-refractivity contribution is 5.85. The van der Waals surface area contributed by atoms with Gasteiger partial charge in [-0.25, -0.2) is 19.9 Å². The van der Waals surface area contributed by atoms with E-state index in [1.54, 1.807) is 6.33 Å². The highest BCUT2D eigenvalue weighted by atomic mass is 16.3. The van der Waals surface area contributed by atoms with Crippen LogP contribution >= 0.6 is 0 Å². The predicted molar refractivity (Wildman–Crippen MR) is 286 cm³/mol. The van der Waals surface area contributed by atoms with Crippen molar-refractivity contribution in [1.82, 2.24) is 24.5 Å². The molecule has 0 saturated heterocycles. The summed E-state index contributed by atoms with van der Waals surface area (Å²) >= 11 is 0. The number of phenolic OH excluding ortho intramolecular Hbond substituents is 1. The topological polar surface area (TPSA) is 76.7 Å². The fraction of sp³-hybridized carbons (Fsp3) is 0.355.